The van der Waals surface area contributed by atoms with Crippen molar-refractivity contribution in [1.29, 1.82) is 5.26 Å². The van der Waals surface area contributed by atoms with Gasteiger partial charge in [0.15, 0.2) is 0 Å². The molecule has 2 aromatic rings. The summed E-state index contributed by atoms with van der Waals surface area (Å²) in [5, 5.41) is 12.9. The molecular formula is C20H20ClN3O. The van der Waals surface area contributed by atoms with Gasteiger partial charge >= 0.3 is 0 Å². The number of carbonyl (C=O) groups is 1. The third-order valence-corrected chi connectivity index (χ3v) is 4.70. The summed E-state index contributed by atoms with van der Waals surface area (Å²) in [7, 11) is 0. The Bertz CT molecular complexity index is 785. The van der Waals surface area contributed by atoms with Crippen LogP contribution in [0.4, 0.5) is 5.69 Å². The van der Waals surface area contributed by atoms with Gasteiger partial charge in [-0.15, -0.1) is 0 Å². The van der Waals surface area contributed by atoms with Gasteiger partial charge in [0.1, 0.15) is 12.1 Å². The molecule has 4 nitrogen and oxygen atoms in total. The molecule has 0 aliphatic carbocycles. The van der Waals surface area contributed by atoms with Crippen molar-refractivity contribution in [3.05, 3.63) is 64.7 Å². The average Bonchev–Trinajstić information content (AvgIpc) is 2.97. The lowest BCUT2D eigenvalue weighted by Gasteiger charge is -2.18. The third-order valence-electron chi connectivity index (χ3n) is 4.47. The van der Waals surface area contributed by atoms with Crippen molar-refractivity contribution in [2.45, 2.75) is 25.3 Å². The lowest BCUT2D eigenvalue weighted by molar-refractivity contribution is -0.128. The number of nitriles is 1. The largest absolute Gasteiger partial charge is 0.373 e. The molecular weight excluding hydrogens is 334 g/mol. The number of likely N-dealkylation sites (tertiary alicyclic amines) is 1. The van der Waals surface area contributed by atoms with Gasteiger partial charge in [-0.3, -0.25) is 4.79 Å². The number of rotatable bonds is 6. The summed E-state index contributed by atoms with van der Waals surface area (Å²) >= 11 is 5.92. The fourth-order valence-electron chi connectivity index (χ4n) is 3.14. The SMILES string of the molecule is N#Cc1cc(Cl)ccc1NC1CCN(CCCc2ccccc2)C1=O. The molecule has 0 saturated carbocycles. The van der Waals surface area contributed by atoms with Crippen molar-refractivity contribution in [2.24, 2.45) is 0 Å². The van der Waals surface area contributed by atoms with E-state index < -0.39 is 0 Å². The van der Waals surface area contributed by atoms with E-state index in [9.17, 15) is 10.1 Å². The summed E-state index contributed by atoms with van der Waals surface area (Å²) in [6.07, 6.45) is 2.67. The van der Waals surface area contributed by atoms with Crippen molar-refractivity contribution in [2.75, 3.05) is 18.4 Å². The number of halogens is 1. The Morgan fingerprint density at radius 1 is 1.24 bits per heavy atom. The van der Waals surface area contributed by atoms with Gasteiger partial charge in [-0.1, -0.05) is 41.9 Å². The molecule has 0 aromatic heterocycles. The van der Waals surface area contributed by atoms with Crippen LogP contribution in [0.5, 0.6) is 0 Å². The highest BCUT2D eigenvalue weighted by molar-refractivity contribution is 6.30. The molecule has 0 bridgehead atoms. The summed E-state index contributed by atoms with van der Waals surface area (Å²) in [5.74, 6) is 0.104. The van der Waals surface area contributed by atoms with E-state index in [2.05, 4.69) is 23.5 Å². The monoisotopic (exact) mass is 353 g/mol. The Morgan fingerprint density at radius 2 is 2.04 bits per heavy atom. The quantitative estimate of drug-likeness (QED) is 0.858. The topological polar surface area (TPSA) is 56.1 Å². The molecule has 3 rings (SSSR count). The highest BCUT2D eigenvalue weighted by Crippen LogP contribution is 2.23. The third kappa shape index (κ3) is 4.32. The Hall–Kier alpha value is -2.51. The summed E-state index contributed by atoms with van der Waals surface area (Å²) in [5.41, 5.74) is 2.42. The van der Waals surface area contributed by atoms with Crippen molar-refractivity contribution < 1.29 is 4.79 Å². The minimum Gasteiger partial charge on any atom is -0.373 e. The zero-order chi connectivity index (χ0) is 17.6. The second-order valence-corrected chi connectivity index (χ2v) is 6.64. The van der Waals surface area contributed by atoms with Crippen LogP contribution in [0.15, 0.2) is 48.5 Å². The molecule has 1 N–H and O–H groups in total. The zero-order valence-corrected chi connectivity index (χ0v) is 14.7. The first-order valence-corrected chi connectivity index (χ1v) is 8.84. The molecule has 1 unspecified atom stereocenters. The van der Waals surface area contributed by atoms with Crippen LogP contribution in [-0.4, -0.2) is 29.9 Å². The summed E-state index contributed by atoms with van der Waals surface area (Å²) in [4.78, 5) is 14.5. The number of hydrogen-bond acceptors (Lipinski definition) is 3. The van der Waals surface area contributed by atoms with E-state index in [-0.39, 0.29) is 11.9 Å². The normalized spacial score (nSPS) is 16.7. The average molecular weight is 354 g/mol. The fraction of sp³-hybridized carbons (Fsp3) is 0.300. The van der Waals surface area contributed by atoms with E-state index in [0.717, 1.165) is 32.4 Å². The van der Waals surface area contributed by atoms with Gasteiger partial charge in [0.2, 0.25) is 5.91 Å². The molecule has 5 heteroatoms. The first kappa shape index (κ1) is 17.3. The highest BCUT2D eigenvalue weighted by atomic mass is 35.5. The van der Waals surface area contributed by atoms with E-state index in [1.165, 1.54) is 5.56 Å². The summed E-state index contributed by atoms with van der Waals surface area (Å²) < 4.78 is 0. The molecule has 1 aliphatic rings. The minimum absolute atomic E-state index is 0.104. The van der Waals surface area contributed by atoms with E-state index in [4.69, 9.17) is 11.6 Å². The van der Waals surface area contributed by atoms with Gasteiger partial charge in [-0.2, -0.15) is 5.26 Å². The number of nitrogens with one attached hydrogen (secondary N) is 1. The Balaban J connectivity index is 1.54. The van der Waals surface area contributed by atoms with E-state index in [0.29, 0.717) is 16.3 Å². The molecule has 1 saturated heterocycles. The van der Waals surface area contributed by atoms with E-state index >= 15 is 0 Å². The van der Waals surface area contributed by atoms with Crippen LogP contribution in [0.1, 0.15) is 24.0 Å². The molecule has 128 valence electrons. The van der Waals surface area contributed by atoms with Crippen LogP contribution < -0.4 is 5.32 Å². The highest BCUT2D eigenvalue weighted by Gasteiger charge is 2.31. The molecule has 1 fully saturated rings. The molecule has 1 heterocycles. The number of benzene rings is 2. The number of anilines is 1. The van der Waals surface area contributed by atoms with Gasteiger partial charge in [0.25, 0.3) is 0 Å². The number of nitrogens with zero attached hydrogens (tertiary/aromatic N) is 2. The molecule has 0 radical (unpaired) electrons. The van der Waals surface area contributed by atoms with E-state index in [1.807, 2.05) is 23.1 Å². The van der Waals surface area contributed by atoms with Gasteiger partial charge in [0, 0.05) is 18.1 Å². The van der Waals surface area contributed by atoms with Crippen LogP contribution in [0.2, 0.25) is 5.02 Å². The zero-order valence-electron chi connectivity index (χ0n) is 13.9. The maximum atomic E-state index is 12.6. The van der Waals surface area contributed by atoms with Gasteiger partial charge in [-0.25, -0.2) is 0 Å². The predicted molar refractivity (Wildman–Crippen MR) is 99.5 cm³/mol. The Morgan fingerprint density at radius 3 is 2.80 bits per heavy atom. The number of aryl methyl sites for hydroxylation is 1. The first-order valence-electron chi connectivity index (χ1n) is 8.46. The van der Waals surface area contributed by atoms with Crippen LogP contribution in [0, 0.1) is 11.3 Å². The van der Waals surface area contributed by atoms with Crippen molar-refractivity contribution in [3.63, 3.8) is 0 Å². The Kier molecular flexibility index (Phi) is 5.57. The second kappa shape index (κ2) is 8.04. The summed E-state index contributed by atoms with van der Waals surface area (Å²) in [6, 6.07) is 17.2. The van der Waals surface area contributed by atoms with Crippen molar-refractivity contribution >= 4 is 23.2 Å². The molecule has 2 aromatic carbocycles. The van der Waals surface area contributed by atoms with Gasteiger partial charge in [-0.05, 0) is 43.0 Å². The van der Waals surface area contributed by atoms with Gasteiger partial charge in [0.05, 0.1) is 11.3 Å². The predicted octanol–water partition coefficient (Wildman–Crippen LogP) is 3.86. The maximum Gasteiger partial charge on any atom is 0.245 e. The van der Waals surface area contributed by atoms with Crippen LogP contribution in [0.25, 0.3) is 0 Å². The minimum atomic E-state index is -0.273. The molecule has 1 aliphatic heterocycles. The van der Waals surface area contributed by atoms with Crippen molar-refractivity contribution in [1.82, 2.24) is 4.90 Å². The first-order chi connectivity index (χ1) is 12.2. The number of carbonyl (C=O) groups excluding carboxylic acids is 1. The molecule has 1 atom stereocenters. The lowest BCUT2D eigenvalue weighted by Crippen LogP contribution is -2.34. The standard InChI is InChI=1S/C20H20ClN3O/c21-17-8-9-18(16(13-17)14-22)23-19-10-12-24(20(19)25)11-4-7-15-5-2-1-3-6-15/h1-3,5-6,8-9,13,19,23H,4,7,10-12H2. The van der Waals surface area contributed by atoms with Crippen LogP contribution in [0.3, 0.4) is 0 Å². The van der Waals surface area contributed by atoms with E-state index in [1.54, 1.807) is 18.2 Å². The van der Waals surface area contributed by atoms with Crippen LogP contribution >= 0.6 is 11.6 Å². The van der Waals surface area contributed by atoms with Gasteiger partial charge < -0.3 is 10.2 Å². The number of hydrogen-bond donors (Lipinski definition) is 1. The molecule has 1 amide bonds. The summed E-state index contributed by atoms with van der Waals surface area (Å²) in [6.45, 7) is 1.51. The van der Waals surface area contributed by atoms with Crippen molar-refractivity contribution in [3.8, 4) is 6.07 Å². The maximum absolute atomic E-state index is 12.6. The lowest BCUT2D eigenvalue weighted by atomic mass is 10.1. The fourth-order valence-corrected chi connectivity index (χ4v) is 3.31. The van der Waals surface area contributed by atoms with Crippen LogP contribution in [-0.2, 0) is 11.2 Å². The number of amides is 1. The Labute approximate surface area is 153 Å². The smallest absolute Gasteiger partial charge is 0.245 e. The molecule has 25 heavy (non-hydrogen) atoms. The molecule has 0 spiro atoms. The second-order valence-electron chi connectivity index (χ2n) is 6.20.